The fourth-order valence-electron chi connectivity index (χ4n) is 0.262. The molecule has 42 valence electrons. The van der Waals surface area contributed by atoms with Gasteiger partial charge in [-0.3, -0.25) is 5.43 Å². The first kappa shape index (κ1) is 6.59. The van der Waals surface area contributed by atoms with E-state index in [1.807, 2.05) is 0 Å². The van der Waals surface area contributed by atoms with Crippen LogP contribution in [0.4, 0.5) is 0 Å². The lowest BCUT2D eigenvalue weighted by Crippen LogP contribution is -2.36. The number of rotatable bonds is 3. The van der Waals surface area contributed by atoms with Crippen LogP contribution in [0.2, 0.25) is 0 Å². The second kappa shape index (κ2) is 3.77. The summed E-state index contributed by atoms with van der Waals surface area (Å²) in [6.07, 6.45) is 0.830. The van der Waals surface area contributed by atoms with Gasteiger partial charge in [0.15, 0.2) is 0 Å². The zero-order chi connectivity index (χ0) is 5.70. The van der Waals surface area contributed by atoms with Gasteiger partial charge in [0.1, 0.15) is 6.29 Å². The summed E-state index contributed by atoms with van der Waals surface area (Å²) in [7, 11) is 1.72. The summed E-state index contributed by atoms with van der Waals surface area (Å²) in [4.78, 5) is 9.79. The topological polar surface area (TPSA) is 41.1 Å². The van der Waals surface area contributed by atoms with Crippen molar-refractivity contribution in [3.05, 3.63) is 0 Å². The molecule has 0 saturated heterocycles. The van der Waals surface area contributed by atoms with E-state index in [9.17, 15) is 4.79 Å². The van der Waals surface area contributed by atoms with Gasteiger partial charge >= 0.3 is 0 Å². The maximum absolute atomic E-state index is 9.79. The molecule has 0 aromatic rings. The monoisotopic (exact) mass is 102 g/mol. The number of hydrogen-bond donors (Lipinski definition) is 2. The lowest BCUT2D eigenvalue weighted by atomic mass is 10.4. The molecule has 0 radical (unpaired) electrons. The van der Waals surface area contributed by atoms with Gasteiger partial charge < -0.3 is 4.79 Å². The zero-order valence-corrected chi connectivity index (χ0v) is 4.56. The molecule has 3 heteroatoms. The van der Waals surface area contributed by atoms with E-state index in [0.717, 1.165) is 6.29 Å². The molecule has 0 aromatic carbocycles. The molecule has 7 heavy (non-hydrogen) atoms. The van der Waals surface area contributed by atoms with Gasteiger partial charge in [0.2, 0.25) is 0 Å². The predicted molar refractivity (Wildman–Crippen MR) is 27.7 cm³/mol. The SMILES string of the molecule is CNNC(C)C=O. The minimum absolute atomic E-state index is 0.0926. The van der Waals surface area contributed by atoms with Crippen LogP contribution in [-0.4, -0.2) is 19.4 Å². The summed E-state index contributed by atoms with van der Waals surface area (Å²) in [6.45, 7) is 1.77. The molecule has 0 aromatic heterocycles. The zero-order valence-electron chi connectivity index (χ0n) is 4.56. The molecule has 0 amide bonds. The Kier molecular flexibility index (Phi) is 3.55. The van der Waals surface area contributed by atoms with Crippen molar-refractivity contribution in [1.82, 2.24) is 10.9 Å². The van der Waals surface area contributed by atoms with Crippen LogP contribution in [0.15, 0.2) is 0 Å². The van der Waals surface area contributed by atoms with Crippen molar-refractivity contribution in [3.63, 3.8) is 0 Å². The summed E-state index contributed by atoms with van der Waals surface area (Å²) in [5.74, 6) is 0. The number of carbonyl (C=O) groups excluding carboxylic acids is 1. The van der Waals surface area contributed by atoms with Crippen LogP contribution in [0.1, 0.15) is 6.92 Å². The van der Waals surface area contributed by atoms with E-state index in [4.69, 9.17) is 0 Å². The smallest absolute Gasteiger partial charge is 0.137 e. The van der Waals surface area contributed by atoms with Gasteiger partial charge in [0.25, 0.3) is 0 Å². The summed E-state index contributed by atoms with van der Waals surface area (Å²) < 4.78 is 0. The standard InChI is InChI=1S/C4H10N2O/c1-4(3-7)6-5-2/h3-6H,1-2H3. The minimum atomic E-state index is -0.0926. The molecular weight excluding hydrogens is 92.1 g/mol. The summed E-state index contributed by atoms with van der Waals surface area (Å²) >= 11 is 0. The van der Waals surface area contributed by atoms with Crippen molar-refractivity contribution >= 4 is 6.29 Å². The van der Waals surface area contributed by atoms with Crippen molar-refractivity contribution in [1.29, 1.82) is 0 Å². The first-order valence-electron chi connectivity index (χ1n) is 2.19. The molecule has 0 heterocycles. The molecule has 0 rings (SSSR count). The van der Waals surface area contributed by atoms with E-state index >= 15 is 0 Å². The lowest BCUT2D eigenvalue weighted by Gasteiger charge is -2.01. The molecule has 3 nitrogen and oxygen atoms in total. The molecule has 0 aliphatic rings. The molecule has 0 aliphatic heterocycles. The molecule has 0 aliphatic carbocycles. The Balaban J connectivity index is 2.98. The average Bonchev–Trinajstić information content (AvgIpc) is 1.68. The van der Waals surface area contributed by atoms with E-state index in [1.165, 1.54) is 0 Å². The van der Waals surface area contributed by atoms with Crippen molar-refractivity contribution < 1.29 is 4.79 Å². The minimum Gasteiger partial charge on any atom is -0.302 e. The Bertz CT molecular complexity index is 55.7. The highest BCUT2D eigenvalue weighted by Gasteiger charge is 1.90. The number of nitrogens with one attached hydrogen (secondary N) is 2. The number of hydrogen-bond acceptors (Lipinski definition) is 3. The van der Waals surface area contributed by atoms with E-state index in [2.05, 4.69) is 10.9 Å². The second-order valence-electron chi connectivity index (χ2n) is 1.32. The van der Waals surface area contributed by atoms with E-state index < -0.39 is 0 Å². The van der Waals surface area contributed by atoms with Crippen LogP contribution < -0.4 is 10.9 Å². The van der Waals surface area contributed by atoms with Gasteiger partial charge in [-0.1, -0.05) is 0 Å². The summed E-state index contributed by atoms with van der Waals surface area (Å²) in [6, 6.07) is -0.0926. The van der Waals surface area contributed by atoms with Gasteiger partial charge in [-0.25, -0.2) is 5.43 Å². The molecule has 0 saturated carbocycles. The van der Waals surface area contributed by atoms with Crippen molar-refractivity contribution in [2.75, 3.05) is 7.05 Å². The quantitative estimate of drug-likeness (QED) is 0.365. The third-order valence-electron chi connectivity index (χ3n) is 0.576. The number of aldehydes is 1. The molecule has 0 spiro atoms. The molecule has 2 N–H and O–H groups in total. The largest absolute Gasteiger partial charge is 0.302 e. The van der Waals surface area contributed by atoms with Gasteiger partial charge in [-0.2, -0.15) is 0 Å². The maximum Gasteiger partial charge on any atom is 0.137 e. The third-order valence-corrected chi connectivity index (χ3v) is 0.576. The first-order valence-corrected chi connectivity index (χ1v) is 2.19. The Morgan fingerprint density at radius 3 is 2.43 bits per heavy atom. The van der Waals surface area contributed by atoms with E-state index in [1.54, 1.807) is 14.0 Å². The van der Waals surface area contributed by atoms with Gasteiger partial charge in [-0.15, -0.1) is 0 Å². The van der Waals surface area contributed by atoms with Gasteiger partial charge in [0.05, 0.1) is 6.04 Å². The Labute approximate surface area is 43.1 Å². The van der Waals surface area contributed by atoms with E-state index in [-0.39, 0.29) is 6.04 Å². The van der Waals surface area contributed by atoms with Crippen LogP contribution in [0.25, 0.3) is 0 Å². The number of carbonyl (C=O) groups is 1. The highest BCUT2D eigenvalue weighted by atomic mass is 16.1. The molecule has 0 bridgehead atoms. The predicted octanol–water partition coefficient (Wildman–Crippen LogP) is -0.702. The third kappa shape index (κ3) is 3.42. The van der Waals surface area contributed by atoms with Crippen LogP contribution in [0.3, 0.4) is 0 Å². The molecule has 1 unspecified atom stereocenters. The Hall–Kier alpha value is -0.410. The van der Waals surface area contributed by atoms with Crippen molar-refractivity contribution in [2.24, 2.45) is 0 Å². The van der Waals surface area contributed by atoms with Crippen LogP contribution >= 0.6 is 0 Å². The first-order chi connectivity index (χ1) is 3.31. The van der Waals surface area contributed by atoms with Gasteiger partial charge in [-0.05, 0) is 14.0 Å². The van der Waals surface area contributed by atoms with Crippen LogP contribution in [0, 0.1) is 0 Å². The number of hydrazine groups is 1. The summed E-state index contributed by atoms with van der Waals surface area (Å²) in [5, 5.41) is 0. The summed E-state index contributed by atoms with van der Waals surface area (Å²) in [5.41, 5.74) is 5.31. The van der Waals surface area contributed by atoms with Crippen LogP contribution in [-0.2, 0) is 4.79 Å². The van der Waals surface area contributed by atoms with Crippen molar-refractivity contribution in [2.45, 2.75) is 13.0 Å². The molecular formula is C4H10N2O. The highest BCUT2D eigenvalue weighted by Crippen LogP contribution is 1.64. The lowest BCUT2D eigenvalue weighted by molar-refractivity contribution is -0.109. The second-order valence-corrected chi connectivity index (χ2v) is 1.32. The van der Waals surface area contributed by atoms with E-state index in [0.29, 0.717) is 0 Å². The normalized spacial score (nSPS) is 13.4. The fourth-order valence-corrected chi connectivity index (χ4v) is 0.262. The fraction of sp³-hybridized carbons (Fsp3) is 0.750. The maximum atomic E-state index is 9.79. The molecule has 1 atom stereocenters. The Morgan fingerprint density at radius 2 is 2.29 bits per heavy atom. The van der Waals surface area contributed by atoms with Gasteiger partial charge in [0, 0.05) is 0 Å². The highest BCUT2D eigenvalue weighted by molar-refractivity contribution is 5.56. The molecule has 0 fully saturated rings. The Morgan fingerprint density at radius 1 is 1.71 bits per heavy atom. The average molecular weight is 102 g/mol. The van der Waals surface area contributed by atoms with Crippen LogP contribution in [0.5, 0.6) is 0 Å². The van der Waals surface area contributed by atoms with Crippen molar-refractivity contribution in [3.8, 4) is 0 Å².